The molecule has 110 valence electrons. The SMILES string of the molecule is Cc1ncnc(C)c1C1=CCC(C[n+]2cc(N)on2)CC1. The molecule has 21 heavy (non-hydrogen) atoms. The topological polar surface area (TPSA) is 81.7 Å². The van der Waals surface area contributed by atoms with Crippen molar-refractivity contribution in [3.63, 3.8) is 0 Å². The summed E-state index contributed by atoms with van der Waals surface area (Å²) in [6, 6.07) is 0. The maximum absolute atomic E-state index is 5.54. The van der Waals surface area contributed by atoms with E-state index in [9.17, 15) is 0 Å². The first-order valence-corrected chi connectivity index (χ1v) is 7.23. The Bertz CT molecular complexity index is 656. The van der Waals surface area contributed by atoms with Crippen LogP contribution in [0.5, 0.6) is 0 Å². The average molecular weight is 286 g/mol. The van der Waals surface area contributed by atoms with Gasteiger partial charge in [-0.2, -0.15) is 0 Å². The number of anilines is 1. The van der Waals surface area contributed by atoms with E-state index in [0.717, 1.165) is 37.2 Å². The Labute approximate surface area is 123 Å². The van der Waals surface area contributed by atoms with Crippen molar-refractivity contribution >= 4 is 11.5 Å². The summed E-state index contributed by atoms with van der Waals surface area (Å²) >= 11 is 0. The van der Waals surface area contributed by atoms with Gasteiger partial charge in [-0.3, -0.25) is 4.52 Å². The van der Waals surface area contributed by atoms with E-state index in [0.29, 0.717) is 11.8 Å². The summed E-state index contributed by atoms with van der Waals surface area (Å²) in [6.07, 6.45) is 8.89. The van der Waals surface area contributed by atoms with Gasteiger partial charge in [-0.15, -0.1) is 0 Å². The molecule has 6 nitrogen and oxygen atoms in total. The second-order valence-electron chi connectivity index (χ2n) is 5.62. The molecule has 0 radical (unpaired) electrons. The van der Waals surface area contributed by atoms with Crippen LogP contribution in [0.3, 0.4) is 0 Å². The molecule has 0 bridgehead atoms. The summed E-state index contributed by atoms with van der Waals surface area (Å²) in [5.41, 5.74) is 10.2. The van der Waals surface area contributed by atoms with Crippen LogP contribution in [-0.4, -0.2) is 15.2 Å². The minimum absolute atomic E-state index is 0.356. The number of rotatable bonds is 3. The highest BCUT2D eigenvalue weighted by molar-refractivity contribution is 5.69. The number of nitrogens with two attached hydrogens (primary N) is 1. The van der Waals surface area contributed by atoms with Gasteiger partial charge in [0, 0.05) is 22.9 Å². The van der Waals surface area contributed by atoms with Crippen molar-refractivity contribution < 1.29 is 9.20 Å². The molecule has 1 unspecified atom stereocenters. The van der Waals surface area contributed by atoms with Gasteiger partial charge in [-0.1, -0.05) is 10.8 Å². The summed E-state index contributed by atoms with van der Waals surface area (Å²) in [4.78, 5) is 8.62. The number of allylic oxidation sites excluding steroid dienone is 2. The third kappa shape index (κ3) is 2.94. The fourth-order valence-corrected chi connectivity index (χ4v) is 2.98. The Hall–Kier alpha value is -2.24. The number of nitrogen functional groups attached to an aromatic ring is 1. The van der Waals surface area contributed by atoms with Crippen LogP contribution >= 0.6 is 0 Å². The summed E-state index contributed by atoms with van der Waals surface area (Å²) in [5.74, 6) is 0.920. The zero-order valence-corrected chi connectivity index (χ0v) is 12.4. The van der Waals surface area contributed by atoms with Crippen LogP contribution in [0.2, 0.25) is 0 Å². The molecule has 0 spiro atoms. The number of nitrogens with zero attached hydrogens (tertiary/aromatic N) is 4. The van der Waals surface area contributed by atoms with Crippen LogP contribution in [0.25, 0.3) is 5.57 Å². The lowest BCUT2D eigenvalue weighted by Crippen LogP contribution is -2.39. The normalized spacial score (nSPS) is 18.6. The van der Waals surface area contributed by atoms with Crippen LogP contribution in [0, 0.1) is 19.8 Å². The minimum Gasteiger partial charge on any atom is -0.362 e. The number of hydrogen-bond acceptors (Lipinski definition) is 5. The molecule has 2 N–H and O–H groups in total. The molecule has 6 heteroatoms. The molecule has 0 aromatic carbocycles. The summed E-state index contributed by atoms with van der Waals surface area (Å²) < 4.78 is 6.67. The predicted octanol–water partition coefficient (Wildman–Crippen LogP) is 1.83. The van der Waals surface area contributed by atoms with Crippen molar-refractivity contribution in [1.29, 1.82) is 0 Å². The van der Waals surface area contributed by atoms with E-state index in [1.807, 2.05) is 13.8 Å². The lowest BCUT2D eigenvalue weighted by atomic mass is 9.85. The second-order valence-corrected chi connectivity index (χ2v) is 5.62. The number of aryl methyl sites for hydroxylation is 2. The third-order valence-corrected chi connectivity index (χ3v) is 4.04. The van der Waals surface area contributed by atoms with Crippen molar-refractivity contribution in [2.45, 2.75) is 39.7 Å². The van der Waals surface area contributed by atoms with Crippen molar-refractivity contribution in [1.82, 2.24) is 15.2 Å². The molecule has 0 amide bonds. The van der Waals surface area contributed by atoms with Crippen LogP contribution in [-0.2, 0) is 6.54 Å². The number of aromatic nitrogens is 4. The standard InChI is InChI=1S/C15H20N5O/c1-10-15(11(2)18-9-17-10)13-5-3-12(4-6-13)7-20-8-14(16)21-19-20/h5,8-9,12H,3-4,6-7,16H2,1-2H3/q+1. The molecular weight excluding hydrogens is 266 g/mol. The van der Waals surface area contributed by atoms with Gasteiger partial charge in [0.15, 0.2) is 6.54 Å². The predicted molar refractivity (Wildman–Crippen MR) is 77.9 cm³/mol. The van der Waals surface area contributed by atoms with Crippen LogP contribution in [0.4, 0.5) is 5.88 Å². The first-order chi connectivity index (χ1) is 10.1. The van der Waals surface area contributed by atoms with Gasteiger partial charge >= 0.3 is 0 Å². The Morgan fingerprint density at radius 2 is 2.10 bits per heavy atom. The third-order valence-electron chi connectivity index (χ3n) is 4.04. The Balaban J connectivity index is 1.72. The van der Waals surface area contributed by atoms with Crippen molar-refractivity contribution in [2.75, 3.05) is 5.73 Å². The van der Waals surface area contributed by atoms with E-state index in [1.54, 1.807) is 17.2 Å². The molecule has 2 aromatic rings. The second kappa shape index (κ2) is 5.63. The Morgan fingerprint density at radius 1 is 1.33 bits per heavy atom. The fraction of sp³-hybridized carbons (Fsp3) is 0.467. The van der Waals surface area contributed by atoms with Gasteiger partial charge in [-0.05, 0) is 38.7 Å². The zero-order valence-electron chi connectivity index (χ0n) is 12.4. The quantitative estimate of drug-likeness (QED) is 0.871. The maximum Gasteiger partial charge on any atom is 0.293 e. The van der Waals surface area contributed by atoms with Crippen LogP contribution in [0.1, 0.15) is 36.2 Å². The van der Waals surface area contributed by atoms with Gasteiger partial charge in [0.2, 0.25) is 5.27 Å². The first-order valence-electron chi connectivity index (χ1n) is 7.23. The van der Waals surface area contributed by atoms with Crippen molar-refractivity contribution in [3.8, 4) is 0 Å². The van der Waals surface area contributed by atoms with Gasteiger partial charge in [0.1, 0.15) is 6.33 Å². The molecule has 3 rings (SSSR count). The molecule has 2 heterocycles. The van der Waals surface area contributed by atoms with Crippen molar-refractivity contribution in [2.24, 2.45) is 5.92 Å². The Morgan fingerprint density at radius 3 is 2.67 bits per heavy atom. The molecule has 2 aromatic heterocycles. The smallest absolute Gasteiger partial charge is 0.293 e. The highest BCUT2D eigenvalue weighted by Crippen LogP contribution is 2.32. The first kappa shape index (κ1) is 13.7. The molecular formula is C15H20N5O+. The highest BCUT2D eigenvalue weighted by Gasteiger charge is 2.23. The van der Waals surface area contributed by atoms with E-state index in [4.69, 9.17) is 10.3 Å². The minimum atomic E-state index is 0.356. The summed E-state index contributed by atoms with van der Waals surface area (Å²) in [5, 5.41) is 3.89. The van der Waals surface area contributed by atoms with Gasteiger partial charge in [0.25, 0.3) is 12.1 Å². The molecule has 0 saturated heterocycles. The molecule has 1 aliphatic rings. The van der Waals surface area contributed by atoms with Crippen molar-refractivity contribution in [3.05, 3.63) is 35.6 Å². The summed E-state index contributed by atoms with van der Waals surface area (Å²) in [6.45, 7) is 4.93. The van der Waals surface area contributed by atoms with Gasteiger partial charge in [-0.25, -0.2) is 9.97 Å². The van der Waals surface area contributed by atoms with E-state index >= 15 is 0 Å². The average Bonchev–Trinajstić information content (AvgIpc) is 2.86. The maximum atomic E-state index is 5.54. The van der Waals surface area contributed by atoms with E-state index in [1.165, 1.54) is 11.1 Å². The lowest BCUT2D eigenvalue weighted by molar-refractivity contribution is -0.767. The molecule has 1 aliphatic carbocycles. The van der Waals surface area contributed by atoms with E-state index in [-0.39, 0.29) is 0 Å². The monoisotopic (exact) mass is 286 g/mol. The lowest BCUT2D eigenvalue weighted by Gasteiger charge is -2.20. The number of hydrogen-bond donors (Lipinski definition) is 1. The molecule has 0 aliphatic heterocycles. The van der Waals surface area contributed by atoms with Gasteiger partial charge < -0.3 is 5.73 Å². The van der Waals surface area contributed by atoms with E-state index < -0.39 is 0 Å². The summed E-state index contributed by atoms with van der Waals surface area (Å²) in [7, 11) is 0. The fourth-order valence-electron chi connectivity index (χ4n) is 2.98. The van der Waals surface area contributed by atoms with Crippen LogP contribution in [0.15, 0.2) is 23.1 Å². The van der Waals surface area contributed by atoms with Crippen LogP contribution < -0.4 is 10.4 Å². The zero-order chi connectivity index (χ0) is 14.8. The van der Waals surface area contributed by atoms with E-state index in [2.05, 4.69) is 21.3 Å². The molecule has 0 saturated carbocycles. The molecule has 1 atom stereocenters. The molecule has 0 fully saturated rings. The van der Waals surface area contributed by atoms with Gasteiger partial charge in [0.05, 0.1) is 0 Å². The largest absolute Gasteiger partial charge is 0.362 e. The Kier molecular flexibility index (Phi) is 3.68. The highest BCUT2D eigenvalue weighted by atomic mass is 16.5.